The maximum Gasteiger partial charge on any atom is 0.251 e. The number of aryl methyl sites for hydroxylation is 2. The van der Waals surface area contributed by atoms with Crippen LogP contribution in [-0.2, 0) is 19.1 Å². The van der Waals surface area contributed by atoms with E-state index in [1.165, 1.54) is 4.90 Å². The molecule has 1 atom stereocenters. The highest BCUT2D eigenvalue weighted by atomic mass is 16.7. The van der Waals surface area contributed by atoms with Crippen LogP contribution in [0.5, 0.6) is 0 Å². The molecule has 0 bridgehead atoms. The first-order chi connectivity index (χ1) is 12.0. The summed E-state index contributed by atoms with van der Waals surface area (Å²) in [5, 5.41) is 0. The third-order valence-corrected chi connectivity index (χ3v) is 5.40. The second kappa shape index (κ2) is 6.20. The van der Waals surface area contributed by atoms with Gasteiger partial charge in [-0.2, -0.15) is 0 Å². The van der Waals surface area contributed by atoms with Gasteiger partial charge in [0.25, 0.3) is 5.91 Å². The lowest BCUT2D eigenvalue weighted by atomic mass is 10.0. The summed E-state index contributed by atoms with van der Waals surface area (Å²) in [6, 6.07) is 5.47. The molecule has 0 radical (unpaired) electrons. The Balaban J connectivity index is 1.50. The number of likely N-dealkylation sites (tertiary alicyclic amines) is 1. The number of rotatable bonds is 2. The Morgan fingerprint density at radius 3 is 2.20 bits per heavy atom. The number of piperidine rings is 1. The summed E-state index contributed by atoms with van der Waals surface area (Å²) in [6.45, 7) is 6.66. The minimum Gasteiger partial charge on any atom is -0.347 e. The predicted molar refractivity (Wildman–Crippen MR) is 92.3 cm³/mol. The van der Waals surface area contributed by atoms with Gasteiger partial charge in [-0.15, -0.1) is 0 Å². The van der Waals surface area contributed by atoms with Crippen molar-refractivity contribution in [3.63, 3.8) is 0 Å². The normalized spacial score (nSPS) is 26.8. The van der Waals surface area contributed by atoms with Crippen LogP contribution in [0.25, 0.3) is 0 Å². The highest BCUT2D eigenvalue weighted by molar-refractivity contribution is 6.22. The van der Waals surface area contributed by atoms with Crippen molar-refractivity contribution in [2.24, 2.45) is 0 Å². The SMILES string of the molecule is Cc1cc(C)cc(N2C(=O)C[C@@H](N3CCC4(CC3)OCCO4)C2=O)c1. The number of carbonyl (C=O) groups is 2. The molecule has 3 aliphatic heterocycles. The Kier molecular flexibility index (Phi) is 4.14. The monoisotopic (exact) mass is 344 g/mol. The van der Waals surface area contributed by atoms with Crippen LogP contribution in [-0.4, -0.2) is 54.8 Å². The number of ether oxygens (including phenoxy) is 2. The van der Waals surface area contributed by atoms with Crippen LogP contribution in [0.15, 0.2) is 18.2 Å². The van der Waals surface area contributed by atoms with E-state index in [1.54, 1.807) is 0 Å². The Labute approximate surface area is 147 Å². The number of hydrogen-bond acceptors (Lipinski definition) is 5. The van der Waals surface area contributed by atoms with Crippen molar-refractivity contribution in [2.75, 3.05) is 31.2 Å². The summed E-state index contributed by atoms with van der Waals surface area (Å²) in [4.78, 5) is 29.0. The minimum atomic E-state index is -0.463. The van der Waals surface area contributed by atoms with E-state index in [1.807, 2.05) is 32.0 Å². The van der Waals surface area contributed by atoms with Crippen LogP contribution < -0.4 is 4.90 Å². The summed E-state index contributed by atoms with van der Waals surface area (Å²) in [7, 11) is 0. The third-order valence-electron chi connectivity index (χ3n) is 5.40. The van der Waals surface area contributed by atoms with Crippen molar-refractivity contribution in [3.8, 4) is 0 Å². The van der Waals surface area contributed by atoms with Crippen molar-refractivity contribution >= 4 is 17.5 Å². The molecule has 0 aromatic heterocycles. The zero-order valence-corrected chi connectivity index (χ0v) is 14.8. The van der Waals surface area contributed by atoms with Crippen molar-refractivity contribution < 1.29 is 19.1 Å². The van der Waals surface area contributed by atoms with Crippen molar-refractivity contribution in [1.82, 2.24) is 4.90 Å². The molecule has 3 fully saturated rings. The topological polar surface area (TPSA) is 59.1 Å². The Bertz CT molecular complexity index is 681. The van der Waals surface area contributed by atoms with Crippen LogP contribution in [0.2, 0.25) is 0 Å². The lowest BCUT2D eigenvalue weighted by Crippen LogP contribution is -2.51. The quantitative estimate of drug-likeness (QED) is 0.766. The fourth-order valence-corrected chi connectivity index (χ4v) is 4.21. The van der Waals surface area contributed by atoms with Gasteiger partial charge in [-0.05, 0) is 37.1 Å². The van der Waals surface area contributed by atoms with Crippen LogP contribution in [0, 0.1) is 13.8 Å². The molecule has 1 aromatic rings. The second-order valence-corrected chi connectivity index (χ2v) is 7.28. The Morgan fingerprint density at radius 1 is 1.00 bits per heavy atom. The Hall–Kier alpha value is -1.76. The number of amides is 2. The predicted octanol–water partition coefficient (Wildman–Crippen LogP) is 1.77. The van der Waals surface area contributed by atoms with Gasteiger partial charge in [0, 0.05) is 25.9 Å². The molecule has 0 aliphatic carbocycles. The van der Waals surface area contributed by atoms with E-state index in [9.17, 15) is 9.59 Å². The number of benzene rings is 1. The standard InChI is InChI=1S/C19H24N2O4/c1-13-9-14(2)11-15(10-13)21-17(22)12-16(18(21)23)20-5-3-19(4-6-20)24-7-8-25-19/h9-11,16H,3-8,12H2,1-2H3/t16-/m1/s1. The van der Waals surface area contributed by atoms with E-state index in [2.05, 4.69) is 4.90 Å². The lowest BCUT2D eigenvalue weighted by Gasteiger charge is -2.39. The minimum absolute atomic E-state index is 0.112. The van der Waals surface area contributed by atoms with Gasteiger partial charge < -0.3 is 9.47 Å². The maximum absolute atomic E-state index is 13.0. The van der Waals surface area contributed by atoms with E-state index >= 15 is 0 Å². The van der Waals surface area contributed by atoms with Crippen molar-refractivity contribution in [2.45, 2.75) is 44.9 Å². The molecular weight excluding hydrogens is 320 g/mol. The summed E-state index contributed by atoms with van der Waals surface area (Å²) in [5.74, 6) is -0.692. The lowest BCUT2D eigenvalue weighted by molar-refractivity contribution is -0.188. The fourth-order valence-electron chi connectivity index (χ4n) is 4.21. The molecule has 1 spiro atoms. The molecule has 0 N–H and O–H groups in total. The van der Waals surface area contributed by atoms with E-state index in [0.29, 0.717) is 32.0 Å². The zero-order valence-electron chi connectivity index (χ0n) is 14.8. The smallest absolute Gasteiger partial charge is 0.251 e. The second-order valence-electron chi connectivity index (χ2n) is 7.28. The van der Waals surface area contributed by atoms with E-state index in [0.717, 1.165) is 24.0 Å². The van der Waals surface area contributed by atoms with Crippen LogP contribution >= 0.6 is 0 Å². The average molecular weight is 344 g/mol. The van der Waals surface area contributed by atoms with Gasteiger partial charge in [0.05, 0.1) is 31.4 Å². The van der Waals surface area contributed by atoms with Gasteiger partial charge in [-0.3, -0.25) is 14.5 Å². The average Bonchev–Trinajstić information content (AvgIpc) is 3.12. The highest BCUT2D eigenvalue weighted by Gasteiger charge is 2.47. The molecule has 3 saturated heterocycles. The zero-order chi connectivity index (χ0) is 17.6. The van der Waals surface area contributed by atoms with Crippen LogP contribution in [0.1, 0.15) is 30.4 Å². The number of nitrogens with zero attached hydrogens (tertiary/aromatic N) is 2. The molecule has 25 heavy (non-hydrogen) atoms. The third kappa shape index (κ3) is 2.99. The molecule has 2 amide bonds. The molecule has 134 valence electrons. The molecule has 6 nitrogen and oxygen atoms in total. The number of imide groups is 1. The van der Waals surface area contributed by atoms with Crippen LogP contribution in [0.3, 0.4) is 0 Å². The largest absolute Gasteiger partial charge is 0.347 e. The summed E-state index contributed by atoms with van der Waals surface area (Å²) in [6.07, 6.45) is 1.74. The molecule has 1 aromatic carbocycles. The first-order valence-electron chi connectivity index (χ1n) is 8.94. The molecule has 6 heteroatoms. The summed E-state index contributed by atoms with van der Waals surface area (Å²) < 4.78 is 11.5. The summed E-state index contributed by atoms with van der Waals surface area (Å²) >= 11 is 0. The number of anilines is 1. The summed E-state index contributed by atoms with van der Waals surface area (Å²) in [5.41, 5.74) is 2.79. The number of hydrogen-bond donors (Lipinski definition) is 0. The van der Waals surface area contributed by atoms with Gasteiger partial charge in [-0.25, -0.2) is 4.90 Å². The number of carbonyl (C=O) groups excluding carboxylic acids is 2. The molecule has 0 saturated carbocycles. The fraction of sp³-hybridized carbons (Fsp3) is 0.579. The molecule has 3 aliphatic rings. The maximum atomic E-state index is 13.0. The molecule has 3 heterocycles. The van der Waals surface area contributed by atoms with E-state index in [-0.39, 0.29) is 24.3 Å². The Morgan fingerprint density at radius 2 is 1.60 bits per heavy atom. The van der Waals surface area contributed by atoms with Crippen molar-refractivity contribution in [3.05, 3.63) is 29.3 Å². The first-order valence-corrected chi connectivity index (χ1v) is 8.94. The molecule has 4 rings (SSSR count). The molecule has 0 unspecified atom stereocenters. The van der Waals surface area contributed by atoms with Crippen molar-refractivity contribution in [1.29, 1.82) is 0 Å². The molecular formula is C19H24N2O4. The van der Waals surface area contributed by atoms with Gasteiger partial charge in [0.2, 0.25) is 5.91 Å². The highest BCUT2D eigenvalue weighted by Crippen LogP contribution is 2.34. The van der Waals surface area contributed by atoms with E-state index < -0.39 is 5.79 Å². The van der Waals surface area contributed by atoms with Gasteiger partial charge in [-0.1, -0.05) is 6.07 Å². The van der Waals surface area contributed by atoms with Gasteiger partial charge in [0.15, 0.2) is 5.79 Å². The van der Waals surface area contributed by atoms with Crippen LogP contribution in [0.4, 0.5) is 5.69 Å². The van der Waals surface area contributed by atoms with Gasteiger partial charge >= 0.3 is 0 Å². The van der Waals surface area contributed by atoms with Gasteiger partial charge in [0.1, 0.15) is 0 Å². The first kappa shape index (κ1) is 16.7. The van der Waals surface area contributed by atoms with E-state index in [4.69, 9.17) is 9.47 Å².